The van der Waals surface area contributed by atoms with Crippen LogP contribution in [0.5, 0.6) is 0 Å². The number of fused-ring (bicyclic) bond motifs is 3. The van der Waals surface area contributed by atoms with E-state index in [1.54, 1.807) is 13.0 Å². The van der Waals surface area contributed by atoms with E-state index in [1.807, 2.05) is 24.3 Å². The normalized spacial score (nSPS) is 11.1. The van der Waals surface area contributed by atoms with E-state index in [1.165, 1.54) is 0 Å². The zero-order valence-corrected chi connectivity index (χ0v) is 9.32. The molecule has 2 aromatic heterocycles. The predicted molar refractivity (Wildman–Crippen MR) is 64.0 cm³/mol. The zero-order chi connectivity index (χ0) is 11.8. The second kappa shape index (κ2) is 3.66. The van der Waals surface area contributed by atoms with Crippen molar-refractivity contribution in [2.24, 2.45) is 0 Å². The van der Waals surface area contributed by atoms with Gasteiger partial charge in [-0.2, -0.15) is 0 Å². The summed E-state index contributed by atoms with van der Waals surface area (Å²) in [4.78, 5) is 14.6. The van der Waals surface area contributed by atoms with Gasteiger partial charge in [0.05, 0.1) is 12.1 Å². The van der Waals surface area contributed by atoms with Crippen LogP contribution in [-0.4, -0.2) is 17.6 Å². The van der Waals surface area contributed by atoms with Crippen molar-refractivity contribution in [1.29, 1.82) is 0 Å². The van der Waals surface area contributed by atoms with E-state index < -0.39 is 0 Å². The number of H-pyrrole nitrogens is 1. The number of nitrogens with one attached hydrogen (secondary N) is 1. The third-order valence-electron chi connectivity index (χ3n) is 2.65. The minimum Gasteiger partial charge on any atom is -0.461 e. The van der Waals surface area contributed by atoms with Gasteiger partial charge in [-0.05, 0) is 19.1 Å². The topological polar surface area (TPSA) is 55.2 Å². The third-order valence-corrected chi connectivity index (χ3v) is 2.65. The van der Waals surface area contributed by atoms with Crippen molar-refractivity contribution in [2.45, 2.75) is 6.92 Å². The minimum absolute atomic E-state index is 0.358. The lowest BCUT2D eigenvalue weighted by molar-refractivity contribution is 0.0520. The number of para-hydroxylation sites is 1. The lowest BCUT2D eigenvalue weighted by Crippen LogP contribution is -2.04. The zero-order valence-electron chi connectivity index (χ0n) is 9.32. The molecule has 0 aliphatic carbocycles. The summed E-state index contributed by atoms with van der Waals surface area (Å²) in [7, 11) is 0. The van der Waals surface area contributed by atoms with Gasteiger partial charge in [-0.3, -0.25) is 0 Å². The first-order valence-electron chi connectivity index (χ1n) is 5.47. The van der Waals surface area contributed by atoms with E-state index in [0.717, 1.165) is 16.5 Å². The van der Waals surface area contributed by atoms with Crippen LogP contribution in [0, 0.1) is 0 Å². The van der Waals surface area contributed by atoms with Crippen molar-refractivity contribution in [3.63, 3.8) is 0 Å². The van der Waals surface area contributed by atoms with Crippen molar-refractivity contribution >= 4 is 28.0 Å². The molecule has 0 saturated carbocycles. The summed E-state index contributed by atoms with van der Waals surface area (Å²) in [6, 6.07) is 9.37. The molecular formula is C13H11NO3. The lowest BCUT2D eigenvalue weighted by atomic mass is 10.2. The largest absolute Gasteiger partial charge is 0.461 e. The summed E-state index contributed by atoms with van der Waals surface area (Å²) in [6.45, 7) is 2.14. The molecule has 0 amide bonds. The molecule has 3 aromatic rings. The van der Waals surface area contributed by atoms with E-state index in [0.29, 0.717) is 17.9 Å². The SMILES string of the molecule is CCOC(=O)c1cc2oc3ccccc3c2[nH]1. The average Bonchev–Trinajstić information content (AvgIpc) is 2.86. The number of carbonyl (C=O) groups excluding carboxylic acids is 1. The molecule has 17 heavy (non-hydrogen) atoms. The third kappa shape index (κ3) is 1.49. The molecule has 1 N–H and O–H groups in total. The summed E-state index contributed by atoms with van der Waals surface area (Å²) in [5, 5.41) is 0.970. The summed E-state index contributed by atoms with van der Waals surface area (Å²) < 4.78 is 10.5. The van der Waals surface area contributed by atoms with Crippen molar-refractivity contribution in [2.75, 3.05) is 6.61 Å². The number of aromatic nitrogens is 1. The Bertz CT molecular complexity index is 693. The van der Waals surface area contributed by atoms with E-state index >= 15 is 0 Å². The smallest absolute Gasteiger partial charge is 0.354 e. The summed E-state index contributed by atoms with van der Waals surface area (Å²) >= 11 is 0. The Morgan fingerprint density at radius 2 is 2.18 bits per heavy atom. The van der Waals surface area contributed by atoms with E-state index in [-0.39, 0.29) is 5.97 Å². The number of benzene rings is 1. The molecule has 0 radical (unpaired) electrons. The van der Waals surface area contributed by atoms with Crippen molar-refractivity contribution in [3.05, 3.63) is 36.0 Å². The number of furan rings is 1. The molecule has 1 aromatic carbocycles. The fourth-order valence-electron chi connectivity index (χ4n) is 1.92. The molecule has 4 nitrogen and oxygen atoms in total. The van der Waals surface area contributed by atoms with Crippen molar-refractivity contribution in [3.8, 4) is 0 Å². The quantitative estimate of drug-likeness (QED) is 0.687. The Balaban J connectivity index is 2.17. The van der Waals surface area contributed by atoms with Gasteiger partial charge in [0, 0.05) is 11.5 Å². The highest BCUT2D eigenvalue weighted by Crippen LogP contribution is 2.28. The van der Waals surface area contributed by atoms with Crippen LogP contribution < -0.4 is 0 Å². The van der Waals surface area contributed by atoms with Crippen LogP contribution in [0.15, 0.2) is 34.7 Å². The highest BCUT2D eigenvalue weighted by Gasteiger charge is 2.14. The van der Waals surface area contributed by atoms with E-state index in [2.05, 4.69) is 4.98 Å². The molecule has 0 bridgehead atoms. The lowest BCUT2D eigenvalue weighted by Gasteiger charge is -1.97. The van der Waals surface area contributed by atoms with Gasteiger partial charge >= 0.3 is 5.97 Å². The second-order valence-corrected chi connectivity index (χ2v) is 3.74. The number of aromatic amines is 1. The summed E-state index contributed by atoms with van der Waals surface area (Å²) in [6.07, 6.45) is 0. The molecule has 0 unspecified atom stereocenters. The number of esters is 1. The van der Waals surface area contributed by atoms with Crippen molar-refractivity contribution in [1.82, 2.24) is 4.98 Å². The van der Waals surface area contributed by atoms with Gasteiger partial charge in [0.1, 0.15) is 11.3 Å². The van der Waals surface area contributed by atoms with E-state index in [9.17, 15) is 4.79 Å². The Kier molecular flexibility index (Phi) is 2.14. The molecule has 0 spiro atoms. The van der Waals surface area contributed by atoms with Gasteiger partial charge in [0.15, 0.2) is 5.58 Å². The number of ether oxygens (including phenoxy) is 1. The van der Waals surface area contributed by atoms with Gasteiger partial charge in [-0.1, -0.05) is 12.1 Å². The standard InChI is InChI=1S/C13H11NO3/c1-2-16-13(15)9-7-11-12(14-9)8-5-3-4-6-10(8)17-11/h3-7,14H,2H2,1H3. The van der Waals surface area contributed by atoms with Crippen LogP contribution in [-0.2, 0) is 4.74 Å². The summed E-state index contributed by atoms with van der Waals surface area (Å²) in [5.74, 6) is -0.358. The number of hydrogen-bond donors (Lipinski definition) is 1. The molecule has 4 heteroatoms. The van der Waals surface area contributed by atoms with Crippen molar-refractivity contribution < 1.29 is 13.9 Å². The first kappa shape index (κ1) is 9.96. The molecule has 2 heterocycles. The first-order valence-corrected chi connectivity index (χ1v) is 5.47. The van der Waals surface area contributed by atoms with Crippen LogP contribution in [0.4, 0.5) is 0 Å². The Morgan fingerprint density at radius 3 is 3.00 bits per heavy atom. The fourth-order valence-corrected chi connectivity index (χ4v) is 1.92. The summed E-state index contributed by atoms with van der Waals surface area (Å²) in [5.41, 5.74) is 2.74. The highest BCUT2D eigenvalue weighted by molar-refractivity contribution is 6.05. The molecule has 0 aliphatic heterocycles. The molecule has 3 rings (SSSR count). The molecular weight excluding hydrogens is 218 g/mol. The number of hydrogen-bond acceptors (Lipinski definition) is 3. The Hall–Kier alpha value is -2.23. The Labute approximate surface area is 97.2 Å². The van der Waals surface area contributed by atoms with Gasteiger partial charge in [-0.25, -0.2) is 4.79 Å². The predicted octanol–water partition coefficient (Wildman–Crippen LogP) is 3.09. The number of carbonyl (C=O) groups is 1. The van der Waals surface area contributed by atoms with Gasteiger partial charge < -0.3 is 14.1 Å². The first-order chi connectivity index (χ1) is 8.29. The van der Waals surface area contributed by atoms with Crippen LogP contribution in [0.3, 0.4) is 0 Å². The highest BCUT2D eigenvalue weighted by atomic mass is 16.5. The minimum atomic E-state index is -0.358. The fraction of sp³-hybridized carbons (Fsp3) is 0.154. The molecule has 0 saturated heterocycles. The van der Waals surface area contributed by atoms with E-state index in [4.69, 9.17) is 9.15 Å². The van der Waals surface area contributed by atoms with Crippen LogP contribution >= 0.6 is 0 Å². The van der Waals surface area contributed by atoms with Crippen LogP contribution in [0.1, 0.15) is 17.4 Å². The molecule has 0 fully saturated rings. The molecule has 86 valence electrons. The molecule has 0 atom stereocenters. The molecule has 0 aliphatic rings. The average molecular weight is 229 g/mol. The Morgan fingerprint density at radius 1 is 1.35 bits per heavy atom. The maximum atomic E-state index is 11.6. The van der Waals surface area contributed by atoms with Gasteiger partial charge in [0.2, 0.25) is 0 Å². The van der Waals surface area contributed by atoms with Gasteiger partial charge in [0.25, 0.3) is 0 Å². The number of rotatable bonds is 2. The monoisotopic (exact) mass is 229 g/mol. The second-order valence-electron chi connectivity index (χ2n) is 3.74. The van der Waals surface area contributed by atoms with Crippen LogP contribution in [0.25, 0.3) is 22.1 Å². The maximum absolute atomic E-state index is 11.6. The van der Waals surface area contributed by atoms with Crippen LogP contribution in [0.2, 0.25) is 0 Å². The maximum Gasteiger partial charge on any atom is 0.354 e. The van der Waals surface area contributed by atoms with Gasteiger partial charge in [-0.15, -0.1) is 0 Å².